The van der Waals surface area contributed by atoms with Gasteiger partial charge in [-0.3, -0.25) is 9.82 Å². The second-order valence-corrected chi connectivity index (χ2v) is 6.19. The Labute approximate surface area is 117 Å². The molecule has 0 unspecified atom stereocenters. The van der Waals surface area contributed by atoms with Gasteiger partial charge in [0.1, 0.15) is 5.82 Å². The number of H-pyrrole nitrogens is 1. The lowest BCUT2D eigenvalue weighted by atomic mass is 10.3. The summed E-state index contributed by atoms with van der Waals surface area (Å²) in [5.41, 5.74) is 5.57. The molecule has 0 fully saturated rings. The smallest absolute Gasteiger partial charge is 0.279 e. The predicted octanol–water partition coefficient (Wildman–Crippen LogP) is 1.57. The summed E-state index contributed by atoms with van der Waals surface area (Å²) in [4.78, 5) is 0. The third-order valence-electron chi connectivity index (χ3n) is 2.34. The minimum Gasteiger partial charge on any atom is -0.326 e. The number of nitrogens with one attached hydrogen (secondary N) is 2. The highest BCUT2D eigenvalue weighted by molar-refractivity contribution is 9.10. The van der Waals surface area contributed by atoms with E-state index in [9.17, 15) is 12.8 Å². The molecular formula is C10H10BrFN4O2S. The van der Waals surface area contributed by atoms with E-state index in [0.717, 1.165) is 6.07 Å². The van der Waals surface area contributed by atoms with Gasteiger partial charge < -0.3 is 5.73 Å². The molecule has 0 aliphatic heterocycles. The molecular weight excluding hydrogens is 339 g/mol. The molecule has 2 aromatic rings. The molecule has 0 aliphatic rings. The van der Waals surface area contributed by atoms with Crippen molar-refractivity contribution >= 4 is 31.6 Å². The van der Waals surface area contributed by atoms with E-state index in [1.54, 1.807) is 0 Å². The van der Waals surface area contributed by atoms with Crippen molar-refractivity contribution in [2.75, 3.05) is 4.72 Å². The third-order valence-corrected chi connectivity index (χ3v) is 4.22. The number of nitrogens with zero attached hydrogens (tertiary/aromatic N) is 1. The van der Waals surface area contributed by atoms with Crippen molar-refractivity contribution in [1.82, 2.24) is 10.2 Å². The maximum absolute atomic E-state index is 13.6. The number of benzene rings is 1. The van der Waals surface area contributed by atoms with Crippen LogP contribution in [0, 0.1) is 5.82 Å². The molecule has 0 spiro atoms. The fourth-order valence-electron chi connectivity index (χ4n) is 1.45. The van der Waals surface area contributed by atoms with Crippen molar-refractivity contribution in [2.45, 2.75) is 11.6 Å². The molecule has 2 rings (SSSR count). The van der Waals surface area contributed by atoms with Crippen molar-refractivity contribution in [3.8, 4) is 0 Å². The van der Waals surface area contributed by atoms with Gasteiger partial charge in [0.25, 0.3) is 10.0 Å². The molecule has 9 heteroatoms. The van der Waals surface area contributed by atoms with E-state index < -0.39 is 15.8 Å². The van der Waals surface area contributed by atoms with Crippen LogP contribution < -0.4 is 10.5 Å². The number of hydrogen-bond acceptors (Lipinski definition) is 4. The van der Waals surface area contributed by atoms with Gasteiger partial charge in [0.2, 0.25) is 0 Å². The van der Waals surface area contributed by atoms with Gasteiger partial charge in [-0.15, -0.1) is 0 Å². The molecule has 0 radical (unpaired) electrons. The van der Waals surface area contributed by atoms with Crippen molar-refractivity contribution in [2.24, 2.45) is 5.73 Å². The Morgan fingerprint density at radius 2 is 2.21 bits per heavy atom. The first kappa shape index (κ1) is 14.0. The van der Waals surface area contributed by atoms with Crippen LogP contribution in [0.5, 0.6) is 0 Å². The van der Waals surface area contributed by atoms with Gasteiger partial charge in [0.05, 0.1) is 11.9 Å². The van der Waals surface area contributed by atoms with Gasteiger partial charge in [0, 0.05) is 16.6 Å². The van der Waals surface area contributed by atoms with Gasteiger partial charge in [-0.2, -0.15) is 13.5 Å². The van der Waals surface area contributed by atoms with E-state index >= 15 is 0 Å². The molecule has 102 valence electrons. The SMILES string of the molecule is NCc1cn[nH]c1S(=O)(=O)Nc1ccc(Br)cc1F. The zero-order valence-corrected chi connectivity index (χ0v) is 11.9. The Hall–Kier alpha value is -1.45. The average molecular weight is 349 g/mol. The number of aromatic nitrogens is 2. The summed E-state index contributed by atoms with van der Waals surface area (Å²) >= 11 is 3.09. The molecule has 1 aromatic carbocycles. The van der Waals surface area contributed by atoms with E-state index in [1.165, 1.54) is 18.3 Å². The highest BCUT2D eigenvalue weighted by Gasteiger charge is 2.21. The molecule has 0 saturated carbocycles. The van der Waals surface area contributed by atoms with Gasteiger partial charge in [-0.1, -0.05) is 15.9 Å². The molecule has 19 heavy (non-hydrogen) atoms. The van der Waals surface area contributed by atoms with Crippen LogP contribution in [0.1, 0.15) is 5.56 Å². The van der Waals surface area contributed by atoms with E-state index in [-0.39, 0.29) is 17.3 Å². The van der Waals surface area contributed by atoms with Crippen molar-refractivity contribution in [1.29, 1.82) is 0 Å². The topological polar surface area (TPSA) is 101 Å². The average Bonchev–Trinajstić information content (AvgIpc) is 2.82. The lowest BCUT2D eigenvalue weighted by Gasteiger charge is -2.08. The zero-order valence-electron chi connectivity index (χ0n) is 9.52. The lowest BCUT2D eigenvalue weighted by Crippen LogP contribution is -2.17. The Kier molecular flexibility index (Phi) is 3.88. The Morgan fingerprint density at radius 1 is 1.47 bits per heavy atom. The van der Waals surface area contributed by atoms with Gasteiger partial charge in [-0.05, 0) is 18.2 Å². The number of hydrogen-bond donors (Lipinski definition) is 3. The Morgan fingerprint density at radius 3 is 2.84 bits per heavy atom. The van der Waals surface area contributed by atoms with Crippen LogP contribution in [0.25, 0.3) is 0 Å². The molecule has 1 aromatic heterocycles. The van der Waals surface area contributed by atoms with Crippen LogP contribution in [-0.2, 0) is 16.6 Å². The maximum Gasteiger partial charge on any atom is 0.279 e. The van der Waals surface area contributed by atoms with E-state index in [2.05, 4.69) is 30.8 Å². The number of aromatic amines is 1. The minimum atomic E-state index is -3.95. The Bertz CT molecular complexity index is 701. The number of anilines is 1. The first-order chi connectivity index (χ1) is 8.94. The molecule has 1 heterocycles. The Balaban J connectivity index is 2.37. The summed E-state index contributed by atoms with van der Waals surface area (Å²) in [5, 5.41) is 5.78. The number of sulfonamides is 1. The second-order valence-electron chi connectivity index (χ2n) is 3.66. The molecule has 0 amide bonds. The van der Waals surface area contributed by atoms with Crippen LogP contribution in [0.3, 0.4) is 0 Å². The molecule has 0 bridgehead atoms. The first-order valence-corrected chi connectivity index (χ1v) is 7.42. The summed E-state index contributed by atoms with van der Waals surface area (Å²) in [6.45, 7) is 0.00949. The fraction of sp³-hybridized carbons (Fsp3) is 0.100. The summed E-state index contributed by atoms with van der Waals surface area (Å²) in [7, 11) is -3.95. The number of nitrogens with two attached hydrogens (primary N) is 1. The molecule has 6 nitrogen and oxygen atoms in total. The van der Waals surface area contributed by atoms with E-state index in [4.69, 9.17) is 5.73 Å². The normalized spacial score (nSPS) is 11.5. The van der Waals surface area contributed by atoms with E-state index in [1.807, 2.05) is 0 Å². The largest absolute Gasteiger partial charge is 0.326 e. The summed E-state index contributed by atoms with van der Waals surface area (Å²) in [6.07, 6.45) is 1.31. The first-order valence-electron chi connectivity index (χ1n) is 5.14. The van der Waals surface area contributed by atoms with Crippen molar-refractivity contribution in [3.05, 3.63) is 40.2 Å². The molecule has 0 saturated heterocycles. The van der Waals surface area contributed by atoms with E-state index in [0.29, 0.717) is 10.0 Å². The zero-order chi connectivity index (χ0) is 14.0. The predicted molar refractivity (Wildman–Crippen MR) is 71.4 cm³/mol. The maximum atomic E-state index is 13.6. The van der Waals surface area contributed by atoms with Crippen molar-refractivity contribution in [3.63, 3.8) is 0 Å². The van der Waals surface area contributed by atoms with Gasteiger partial charge in [-0.25, -0.2) is 4.39 Å². The van der Waals surface area contributed by atoms with Crippen LogP contribution in [0.2, 0.25) is 0 Å². The minimum absolute atomic E-state index is 0.00949. The number of rotatable bonds is 4. The third kappa shape index (κ3) is 2.94. The van der Waals surface area contributed by atoms with Crippen LogP contribution in [0.15, 0.2) is 33.9 Å². The van der Waals surface area contributed by atoms with Gasteiger partial charge >= 0.3 is 0 Å². The van der Waals surface area contributed by atoms with Crippen LogP contribution in [-0.4, -0.2) is 18.6 Å². The quantitative estimate of drug-likeness (QED) is 0.780. The summed E-state index contributed by atoms with van der Waals surface area (Å²) in [6, 6.07) is 4.00. The van der Waals surface area contributed by atoms with Crippen LogP contribution >= 0.6 is 15.9 Å². The monoisotopic (exact) mass is 348 g/mol. The van der Waals surface area contributed by atoms with Crippen molar-refractivity contribution < 1.29 is 12.8 Å². The molecule has 0 aliphatic carbocycles. The molecule has 0 atom stereocenters. The number of halogens is 2. The highest BCUT2D eigenvalue weighted by atomic mass is 79.9. The van der Waals surface area contributed by atoms with Crippen LogP contribution in [0.4, 0.5) is 10.1 Å². The lowest BCUT2D eigenvalue weighted by molar-refractivity contribution is 0.593. The second kappa shape index (κ2) is 5.27. The fourth-order valence-corrected chi connectivity index (χ4v) is 2.99. The van der Waals surface area contributed by atoms with Gasteiger partial charge in [0.15, 0.2) is 5.03 Å². The molecule has 4 N–H and O–H groups in total. The summed E-state index contributed by atoms with van der Waals surface area (Å²) in [5.74, 6) is -0.688. The standard InChI is InChI=1S/C10H10BrFN4O2S/c11-7-1-2-9(8(12)3-7)16-19(17,18)10-6(4-13)5-14-15-10/h1-3,5,16H,4,13H2,(H,14,15). The highest BCUT2D eigenvalue weighted by Crippen LogP contribution is 2.22. The summed E-state index contributed by atoms with van der Waals surface area (Å²) < 4.78 is 40.4.